The van der Waals surface area contributed by atoms with E-state index in [0.717, 1.165) is 0 Å². The minimum absolute atomic E-state index is 0.0877. The molecular weight excluding hydrogens is 340 g/mol. The summed E-state index contributed by atoms with van der Waals surface area (Å²) in [6.07, 6.45) is -1.37. The van der Waals surface area contributed by atoms with Crippen molar-refractivity contribution in [2.45, 2.75) is 12.5 Å². The summed E-state index contributed by atoms with van der Waals surface area (Å²) in [5.41, 5.74) is 0.776. The molecule has 26 heavy (non-hydrogen) atoms. The molecule has 1 N–H and O–H groups in total. The fraction of sp³-hybridized carbons (Fsp3) is 0.389. The highest BCUT2D eigenvalue weighted by Crippen LogP contribution is 2.38. The van der Waals surface area contributed by atoms with Crippen molar-refractivity contribution in [1.29, 1.82) is 0 Å². The quantitative estimate of drug-likeness (QED) is 0.793. The predicted molar refractivity (Wildman–Crippen MR) is 90.7 cm³/mol. The molecule has 1 aliphatic carbocycles. The van der Waals surface area contributed by atoms with Gasteiger partial charge in [0.05, 0.1) is 31.4 Å². The molecule has 3 rings (SSSR count). The van der Waals surface area contributed by atoms with Gasteiger partial charge in [0.2, 0.25) is 0 Å². The zero-order valence-electron chi connectivity index (χ0n) is 14.7. The van der Waals surface area contributed by atoms with Gasteiger partial charge in [0, 0.05) is 19.2 Å². The molecule has 3 atom stereocenters. The lowest BCUT2D eigenvalue weighted by Gasteiger charge is -2.31. The Bertz CT molecular complexity index is 898. The van der Waals surface area contributed by atoms with Crippen LogP contribution in [-0.4, -0.2) is 40.6 Å². The highest BCUT2D eigenvalue weighted by Gasteiger charge is 2.48. The Morgan fingerprint density at radius 1 is 1.12 bits per heavy atom. The number of fused-ring (bicyclic) bond motifs is 1. The first-order valence-corrected chi connectivity index (χ1v) is 8.12. The van der Waals surface area contributed by atoms with Crippen LogP contribution >= 0.6 is 0 Å². The molecular formula is C18H20N2O6. The van der Waals surface area contributed by atoms with Gasteiger partial charge in [-0.05, 0) is 12.1 Å². The molecule has 138 valence electrons. The summed E-state index contributed by atoms with van der Waals surface area (Å²) < 4.78 is 12.5. The molecule has 1 aliphatic rings. The third kappa shape index (κ3) is 2.62. The zero-order valence-corrected chi connectivity index (χ0v) is 14.7. The number of esters is 2. The van der Waals surface area contributed by atoms with Crippen molar-refractivity contribution in [2.24, 2.45) is 18.9 Å². The van der Waals surface area contributed by atoms with Crippen LogP contribution in [0.25, 0.3) is 5.69 Å². The Morgan fingerprint density at radius 2 is 1.73 bits per heavy atom. The summed E-state index contributed by atoms with van der Waals surface area (Å²) in [6.45, 7) is 0. The van der Waals surface area contributed by atoms with Gasteiger partial charge in [0.15, 0.2) is 0 Å². The van der Waals surface area contributed by atoms with Crippen LogP contribution in [0.2, 0.25) is 0 Å². The van der Waals surface area contributed by atoms with E-state index < -0.39 is 35.4 Å². The maximum Gasteiger partial charge on any atom is 0.312 e. The van der Waals surface area contributed by atoms with E-state index >= 15 is 0 Å². The average molecular weight is 360 g/mol. The van der Waals surface area contributed by atoms with Crippen molar-refractivity contribution < 1.29 is 24.2 Å². The smallest absolute Gasteiger partial charge is 0.312 e. The first-order valence-electron chi connectivity index (χ1n) is 8.12. The third-order valence-electron chi connectivity index (χ3n) is 4.89. The first kappa shape index (κ1) is 17.9. The molecule has 8 nitrogen and oxygen atoms in total. The van der Waals surface area contributed by atoms with Gasteiger partial charge in [-0.25, -0.2) is 4.68 Å². The molecule has 0 amide bonds. The first-order chi connectivity index (χ1) is 12.4. The van der Waals surface area contributed by atoms with E-state index in [2.05, 4.69) is 0 Å². The van der Waals surface area contributed by atoms with E-state index in [1.807, 2.05) is 6.07 Å². The fourth-order valence-corrected chi connectivity index (χ4v) is 3.61. The number of benzene rings is 1. The van der Waals surface area contributed by atoms with Gasteiger partial charge in [-0.15, -0.1) is 0 Å². The summed E-state index contributed by atoms with van der Waals surface area (Å²) in [4.78, 5) is 37.3. The highest BCUT2D eigenvalue weighted by atomic mass is 16.5. The number of ether oxygens (including phenoxy) is 2. The van der Waals surface area contributed by atoms with E-state index in [1.165, 1.54) is 18.9 Å². The number of aliphatic hydroxyl groups is 1. The topological polar surface area (TPSA) is 99.8 Å². The van der Waals surface area contributed by atoms with Gasteiger partial charge < -0.3 is 14.6 Å². The number of aliphatic hydroxyl groups excluding tert-OH is 1. The summed E-state index contributed by atoms with van der Waals surface area (Å²) in [5, 5.41) is 10.8. The van der Waals surface area contributed by atoms with Gasteiger partial charge in [-0.3, -0.25) is 19.1 Å². The maximum atomic E-state index is 13.0. The Balaban J connectivity index is 2.20. The molecule has 8 heteroatoms. The van der Waals surface area contributed by atoms with Gasteiger partial charge >= 0.3 is 11.9 Å². The number of hydrogen-bond acceptors (Lipinski definition) is 6. The van der Waals surface area contributed by atoms with Crippen LogP contribution in [0.4, 0.5) is 0 Å². The van der Waals surface area contributed by atoms with Crippen LogP contribution in [0.1, 0.15) is 17.4 Å². The van der Waals surface area contributed by atoms with Crippen LogP contribution in [0.15, 0.2) is 35.1 Å². The van der Waals surface area contributed by atoms with E-state index in [0.29, 0.717) is 11.4 Å². The number of nitrogens with zero attached hydrogens (tertiary/aromatic N) is 2. The highest BCUT2D eigenvalue weighted by molar-refractivity contribution is 5.83. The van der Waals surface area contributed by atoms with Crippen molar-refractivity contribution in [1.82, 2.24) is 9.36 Å². The van der Waals surface area contributed by atoms with Crippen LogP contribution < -0.4 is 5.56 Å². The SMILES string of the molecule is COC(=O)[C@H]1[C@@H](C(=O)OC)Cc2c(c(=O)n(-c3ccccc3)n2C)[C@H]1O. The number of para-hydroxylation sites is 1. The van der Waals surface area contributed by atoms with Crippen molar-refractivity contribution >= 4 is 11.9 Å². The average Bonchev–Trinajstić information content (AvgIpc) is 2.91. The number of carbonyl (C=O) groups excluding carboxylic acids is 2. The molecule has 2 aromatic rings. The number of carbonyl (C=O) groups is 2. The Hall–Kier alpha value is -2.87. The Morgan fingerprint density at radius 3 is 2.31 bits per heavy atom. The maximum absolute atomic E-state index is 13.0. The number of rotatable bonds is 3. The van der Waals surface area contributed by atoms with E-state index in [1.54, 1.807) is 36.0 Å². The fourth-order valence-electron chi connectivity index (χ4n) is 3.61. The van der Waals surface area contributed by atoms with Gasteiger partial charge in [0.25, 0.3) is 5.56 Å². The van der Waals surface area contributed by atoms with E-state index in [-0.39, 0.29) is 12.0 Å². The van der Waals surface area contributed by atoms with Crippen LogP contribution in [0.3, 0.4) is 0 Å². The van der Waals surface area contributed by atoms with Gasteiger partial charge in [-0.2, -0.15) is 0 Å². The third-order valence-corrected chi connectivity index (χ3v) is 4.89. The lowest BCUT2D eigenvalue weighted by Crippen LogP contribution is -2.42. The standard InChI is InChI=1S/C18H20N2O6/c1-19-12-9-11(17(23)25-2)13(18(24)26-3)15(21)14(12)16(22)20(19)10-7-5-4-6-8-10/h4-8,11,13,15,21H,9H2,1-3H3/t11-,13-,15-/m0/s1. The number of methoxy groups -OCH3 is 2. The summed E-state index contributed by atoms with van der Waals surface area (Å²) in [5.74, 6) is -3.52. The molecule has 1 heterocycles. The monoisotopic (exact) mass is 360 g/mol. The molecule has 0 radical (unpaired) electrons. The van der Waals surface area contributed by atoms with Crippen molar-refractivity contribution in [3.8, 4) is 5.69 Å². The molecule has 0 saturated carbocycles. The van der Waals surface area contributed by atoms with Crippen molar-refractivity contribution in [3.05, 3.63) is 51.9 Å². The second-order valence-corrected chi connectivity index (χ2v) is 6.16. The number of aromatic nitrogens is 2. The van der Waals surface area contributed by atoms with Gasteiger partial charge in [0.1, 0.15) is 12.0 Å². The van der Waals surface area contributed by atoms with E-state index in [4.69, 9.17) is 9.47 Å². The minimum atomic E-state index is -1.46. The van der Waals surface area contributed by atoms with E-state index in [9.17, 15) is 19.5 Å². The molecule has 0 fully saturated rings. The Labute approximate surface area is 149 Å². The van der Waals surface area contributed by atoms with Crippen molar-refractivity contribution in [3.63, 3.8) is 0 Å². The Kier molecular flexibility index (Phi) is 4.69. The van der Waals surface area contributed by atoms with Crippen molar-refractivity contribution in [2.75, 3.05) is 14.2 Å². The van der Waals surface area contributed by atoms with Crippen LogP contribution in [0, 0.1) is 11.8 Å². The second kappa shape index (κ2) is 6.80. The molecule has 0 saturated heterocycles. The molecule has 1 aromatic heterocycles. The zero-order chi connectivity index (χ0) is 19.0. The normalized spacial score (nSPS) is 21.8. The molecule has 0 spiro atoms. The molecule has 0 aliphatic heterocycles. The summed E-state index contributed by atoms with van der Waals surface area (Å²) in [6, 6.07) is 8.92. The molecule has 0 bridgehead atoms. The predicted octanol–water partition coefficient (Wildman–Crippen LogP) is 0.344. The van der Waals surface area contributed by atoms with Crippen LogP contribution in [0.5, 0.6) is 0 Å². The lowest BCUT2D eigenvalue weighted by molar-refractivity contribution is -0.163. The lowest BCUT2D eigenvalue weighted by atomic mass is 9.76. The minimum Gasteiger partial charge on any atom is -0.469 e. The van der Waals surface area contributed by atoms with Gasteiger partial charge in [-0.1, -0.05) is 18.2 Å². The number of hydrogen-bond donors (Lipinski definition) is 1. The largest absolute Gasteiger partial charge is 0.469 e. The summed E-state index contributed by atoms with van der Waals surface area (Å²) >= 11 is 0. The second-order valence-electron chi connectivity index (χ2n) is 6.16. The molecule has 0 unspecified atom stereocenters. The summed E-state index contributed by atoms with van der Waals surface area (Å²) in [7, 11) is 4.06. The van der Waals surface area contributed by atoms with Crippen LogP contribution in [-0.2, 0) is 32.5 Å². The molecule has 1 aromatic carbocycles.